The van der Waals surface area contributed by atoms with Gasteiger partial charge in [-0.25, -0.2) is 0 Å². The molecule has 0 aliphatic rings. The lowest BCUT2D eigenvalue weighted by molar-refractivity contribution is 0.0946. The number of benzene rings is 1. The number of nitrogens with one attached hydrogen (secondary N) is 1. The highest BCUT2D eigenvalue weighted by molar-refractivity contribution is 6.30. The van der Waals surface area contributed by atoms with Crippen LogP contribution < -0.4 is 11.1 Å². The Kier molecular flexibility index (Phi) is 5.79. The van der Waals surface area contributed by atoms with Gasteiger partial charge in [0.15, 0.2) is 0 Å². The van der Waals surface area contributed by atoms with E-state index in [0.717, 1.165) is 0 Å². The maximum absolute atomic E-state index is 11.6. The van der Waals surface area contributed by atoms with Crippen LogP contribution in [0, 0.1) is 0 Å². The molecule has 1 aromatic carbocycles. The zero-order valence-electron chi connectivity index (χ0n) is 9.29. The highest BCUT2D eigenvalue weighted by Gasteiger charge is 2.12. The molecule has 90 valence electrons. The number of hydrogen-bond donors (Lipinski definition) is 2. The molecule has 0 heterocycles. The van der Waals surface area contributed by atoms with Gasteiger partial charge < -0.3 is 11.1 Å². The predicted octanol–water partition coefficient (Wildman–Crippen LogP) is 2.23. The summed E-state index contributed by atoms with van der Waals surface area (Å²) in [6.07, 6.45) is 0. The van der Waals surface area contributed by atoms with Gasteiger partial charge >= 0.3 is 0 Å². The minimum atomic E-state index is -0.401. The number of rotatable bonds is 3. The van der Waals surface area contributed by atoms with Crippen molar-refractivity contribution in [1.82, 2.24) is 5.32 Å². The third kappa shape index (κ3) is 5.35. The zero-order chi connectivity index (χ0) is 11.5. The lowest BCUT2D eigenvalue weighted by atomic mass is 10.1. The number of nitrogens with two attached hydrogens (primary N) is 1. The molecule has 0 fully saturated rings. The fourth-order valence-electron chi connectivity index (χ4n) is 1.01. The summed E-state index contributed by atoms with van der Waals surface area (Å²) in [7, 11) is 0. The lowest BCUT2D eigenvalue weighted by Gasteiger charge is -2.18. The molecular weight excluding hydrogens is 247 g/mol. The van der Waals surface area contributed by atoms with Gasteiger partial charge in [0.2, 0.25) is 0 Å². The van der Waals surface area contributed by atoms with E-state index in [2.05, 4.69) is 5.32 Å². The smallest absolute Gasteiger partial charge is 0.251 e. The Balaban J connectivity index is 0.00000225. The second-order valence-corrected chi connectivity index (χ2v) is 4.61. The molecule has 3 nitrogen and oxygen atoms in total. The second-order valence-electron chi connectivity index (χ2n) is 4.18. The van der Waals surface area contributed by atoms with Crippen LogP contribution in [0.5, 0.6) is 0 Å². The van der Waals surface area contributed by atoms with Gasteiger partial charge in [0.1, 0.15) is 0 Å². The number of hydrogen-bond acceptors (Lipinski definition) is 2. The summed E-state index contributed by atoms with van der Waals surface area (Å²) in [5, 5.41) is 3.37. The van der Waals surface area contributed by atoms with Crippen molar-refractivity contribution < 1.29 is 4.79 Å². The van der Waals surface area contributed by atoms with Gasteiger partial charge in [0.25, 0.3) is 5.91 Å². The van der Waals surface area contributed by atoms with Crippen molar-refractivity contribution in [3.8, 4) is 0 Å². The van der Waals surface area contributed by atoms with Gasteiger partial charge in [-0.1, -0.05) is 11.6 Å². The molecule has 0 unspecified atom stereocenters. The third-order valence-corrected chi connectivity index (χ3v) is 2.06. The van der Waals surface area contributed by atoms with Crippen molar-refractivity contribution in [1.29, 1.82) is 0 Å². The summed E-state index contributed by atoms with van der Waals surface area (Å²) >= 11 is 5.71. The van der Waals surface area contributed by atoms with E-state index in [-0.39, 0.29) is 18.3 Å². The van der Waals surface area contributed by atoms with E-state index in [9.17, 15) is 4.79 Å². The average molecular weight is 263 g/mol. The molecule has 16 heavy (non-hydrogen) atoms. The summed E-state index contributed by atoms with van der Waals surface area (Å²) in [6.45, 7) is 4.15. The normalized spacial score (nSPS) is 10.5. The standard InChI is InChI=1S/C11H15ClN2O.ClH/c1-11(2,13)7-14-10(15)8-3-5-9(12)6-4-8;/h3-6H,7,13H2,1-2H3,(H,14,15);1H. The van der Waals surface area contributed by atoms with Crippen LogP contribution in [0.15, 0.2) is 24.3 Å². The first-order valence-electron chi connectivity index (χ1n) is 4.71. The first kappa shape index (κ1) is 15.2. The summed E-state index contributed by atoms with van der Waals surface area (Å²) in [5.74, 6) is -0.134. The SMILES string of the molecule is CC(C)(N)CNC(=O)c1ccc(Cl)cc1.Cl. The van der Waals surface area contributed by atoms with Gasteiger partial charge in [-0.3, -0.25) is 4.79 Å². The van der Waals surface area contributed by atoms with Gasteiger partial charge in [-0.2, -0.15) is 0 Å². The Labute approximate surface area is 107 Å². The van der Waals surface area contributed by atoms with Crippen LogP contribution in [0.4, 0.5) is 0 Å². The Morgan fingerprint density at radius 2 is 1.88 bits per heavy atom. The fraction of sp³-hybridized carbons (Fsp3) is 0.364. The quantitative estimate of drug-likeness (QED) is 0.878. The number of amides is 1. The Hall–Kier alpha value is -0.770. The van der Waals surface area contributed by atoms with Gasteiger partial charge in [-0.15, -0.1) is 12.4 Å². The fourth-order valence-corrected chi connectivity index (χ4v) is 1.14. The van der Waals surface area contributed by atoms with E-state index in [1.165, 1.54) is 0 Å². The zero-order valence-corrected chi connectivity index (χ0v) is 10.9. The van der Waals surface area contributed by atoms with E-state index >= 15 is 0 Å². The van der Waals surface area contributed by atoms with Crippen LogP contribution in [-0.4, -0.2) is 18.0 Å². The molecule has 1 aromatic rings. The largest absolute Gasteiger partial charge is 0.350 e. The molecule has 0 saturated heterocycles. The van der Waals surface area contributed by atoms with Crippen LogP contribution in [-0.2, 0) is 0 Å². The lowest BCUT2D eigenvalue weighted by Crippen LogP contribution is -2.45. The van der Waals surface area contributed by atoms with Gasteiger partial charge in [0, 0.05) is 22.7 Å². The molecule has 0 aliphatic carbocycles. The monoisotopic (exact) mass is 262 g/mol. The molecule has 0 aliphatic heterocycles. The van der Waals surface area contributed by atoms with Crippen molar-refractivity contribution >= 4 is 29.9 Å². The van der Waals surface area contributed by atoms with Crippen molar-refractivity contribution in [2.45, 2.75) is 19.4 Å². The van der Waals surface area contributed by atoms with Gasteiger partial charge in [0.05, 0.1) is 0 Å². The minimum Gasteiger partial charge on any atom is -0.350 e. The molecule has 0 radical (unpaired) electrons. The molecule has 5 heteroatoms. The molecule has 0 atom stereocenters. The summed E-state index contributed by atoms with van der Waals surface area (Å²) < 4.78 is 0. The van der Waals surface area contributed by atoms with E-state index in [4.69, 9.17) is 17.3 Å². The maximum Gasteiger partial charge on any atom is 0.251 e. The van der Waals surface area contributed by atoms with Crippen LogP contribution in [0.1, 0.15) is 24.2 Å². The molecule has 0 spiro atoms. The summed E-state index contributed by atoms with van der Waals surface area (Å²) in [5.41, 5.74) is 5.94. The van der Waals surface area contributed by atoms with Crippen molar-refractivity contribution in [2.24, 2.45) is 5.73 Å². The van der Waals surface area contributed by atoms with Crippen molar-refractivity contribution in [2.75, 3.05) is 6.54 Å². The van der Waals surface area contributed by atoms with E-state index < -0.39 is 5.54 Å². The molecule has 0 saturated carbocycles. The number of carbonyl (C=O) groups excluding carboxylic acids is 1. The topological polar surface area (TPSA) is 55.1 Å². The molecule has 0 bridgehead atoms. The Morgan fingerprint density at radius 1 is 1.38 bits per heavy atom. The number of halogens is 2. The third-order valence-electron chi connectivity index (χ3n) is 1.81. The molecule has 1 rings (SSSR count). The first-order valence-corrected chi connectivity index (χ1v) is 5.09. The van der Waals surface area contributed by atoms with Crippen LogP contribution >= 0.6 is 24.0 Å². The van der Waals surface area contributed by atoms with Crippen LogP contribution in [0.3, 0.4) is 0 Å². The molecule has 3 N–H and O–H groups in total. The average Bonchev–Trinajstić information content (AvgIpc) is 2.14. The second kappa shape index (κ2) is 6.09. The van der Waals surface area contributed by atoms with E-state index in [1.54, 1.807) is 24.3 Å². The molecular formula is C11H16Cl2N2O. The summed E-state index contributed by atoms with van der Waals surface area (Å²) in [4.78, 5) is 11.6. The van der Waals surface area contributed by atoms with Gasteiger partial charge in [-0.05, 0) is 38.1 Å². The summed E-state index contributed by atoms with van der Waals surface area (Å²) in [6, 6.07) is 6.73. The maximum atomic E-state index is 11.6. The Bertz CT molecular complexity index is 344. The highest BCUT2D eigenvalue weighted by atomic mass is 35.5. The molecule has 1 amide bonds. The molecule has 0 aromatic heterocycles. The van der Waals surface area contributed by atoms with Crippen LogP contribution in [0.2, 0.25) is 5.02 Å². The van der Waals surface area contributed by atoms with Crippen LogP contribution in [0.25, 0.3) is 0 Å². The van der Waals surface area contributed by atoms with E-state index in [1.807, 2.05) is 13.8 Å². The highest BCUT2D eigenvalue weighted by Crippen LogP contribution is 2.09. The first-order chi connectivity index (χ1) is 6.88. The number of carbonyl (C=O) groups is 1. The van der Waals surface area contributed by atoms with E-state index in [0.29, 0.717) is 17.1 Å². The Morgan fingerprint density at radius 3 is 2.31 bits per heavy atom. The van der Waals surface area contributed by atoms with Crippen molar-refractivity contribution in [3.63, 3.8) is 0 Å². The minimum absolute atomic E-state index is 0. The predicted molar refractivity (Wildman–Crippen MR) is 69.3 cm³/mol. The van der Waals surface area contributed by atoms with Crippen molar-refractivity contribution in [3.05, 3.63) is 34.9 Å².